The minimum absolute atomic E-state index is 0.104. The van der Waals surface area contributed by atoms with Crippen LogP contribution in [-0.4, -0.2) is 24.5 Å². The number of carbonyl (C=O) groups is 2. The number of amides is 3. The van der Waals surface area contributed by atoms with Crippen molar-refractivity contribution in [3.8, 4) is 0 Å². The first-order chi connectivity index (χ1) is 10.6. The van der Waals surface area contributed by atoms with E-state index in [1.54, 1.807) is 18.2 Å². The molecular formula is C15H21ClN4O2. The van der Waals surface area contributed by atoms with E-state index < -0.39 is 0 Å². The third-order valence-corrected chi connectivity index (χ3v) is 3.95. The lowest BCUT2D eigenvalue weighted by Crippen LogP contribution is -2.39. The lowest BCUT2D eigenvalue weighted by atomic mass is 9.96. The van der Waals surface area contributed by atoms with E-state index in [4.69, 9.17) is 17.3 Å². The molecule has 1 saturated carbocycles. The van der Waals surface area contributed by atoms with E-state index in [-0.39, 0.29) is 24.5 Å². The van der Waals surface area contributed by atoms with Gasteiger partial charge in [0.1, 0.15) is 0 Å². The molecule has 1 aliphatic rings. The van der Waals surface area contributed by atoms with E-state index in [2.05, 4.69) is 16.0 Å². The summed E-state index contributed by atoms with van der Waals surface area (Å²) in [6.45, 7) is -0.104. The molecule has 6 nitrogen and oxygen atoms in total. The SMILES string of the molecule is NCC(=O)Nc1ccc(Cl)c(NC(=O)NC2CCCCC2)c1. The Morgan fingerprint density at radius 1 is 1.18 bits per heavy atom. The summed E-state index contributed by atoms with van der Waals surface area (Å²) >= 11 is 6.07. The maximum absolute atomic E-state index is 12.0. The smallest absolute Gasteiger partial charge is 0.319 e. The van der Waals surface area contributed by atoms with Crippen LogP contribution in [0, 0.1) is 0 Å². The van der Waals surface area contributed by atoms with Gasteiger partial charge in [-0.15, -0.1) is 0 Å². The number of halogens is 1. The highest BCUT2D eigenvalue weighted by Gasteiger charge is 2.16. The van der Waals surface area contributed by atoms with Gasteiger partial charge in [0.15, 0.2) is 0 Å². The molecule has 0 heterocycles. The molecule has 0 bridgehead atoms. The van der Waals surface area contributed by atoms with E-state index in [0.29, 0.717) is 16.4 Å². The van der Waals surface area contributed by atoms with Crippen molar-refractivity contribution in [3.63, 3.8) is 0 Å². The van der Waals surface area contributed by atoms with Crippen molar-refractivity contribution in [2.75, 3.05) is 17.2 Å². The fourth-order valence-electron chi connectivity index (χ4n) is 2.50. The molecule has 1 fully saturated rings. The molecule has 22 heavy (non-hydrogen) atoms. The number of carbonyl (C=O) groups excluding carboxylic acids is 2. The van der Waals surface area contributed by atoms with E-state index in [1.165, 1.54) is 6.42 Å². The Labute approximate surface area is 134 Å². The molecule has 1 aliphatic carbocycles. The summed E-state index contributed by atoms with van der Waals surface area (Å²) in [6.07, 6.45) is 5.54. The summed E-state index contributed by atoms with van der Waals surface area (Å²) < 4.78 is 0. The number of anilines is 2. The molecule has 1 aromatic rings. The summed E-state index contributed by atoms with van der Waals surface area (Å²) in [7, 11) is 0. The van der Waals surface area contributed by atoms with Gasteiger partial charge in [0.05, 0.1) is 17.3 Å². The second kappa shape index (κ2) is 8.00. The minimum Gasteiger partial charge on any atom is -0.335 e. The lowest BCUT2D eigenvalue weighted by molar-refractivity contribution is -0.114. The zero-order chi connectivity index (χ0) is 15.9. The molecule has 3 amide bonds. The van der Waals surface area contributed by atoms with Crippen LogP contribution >= 0.6 is 11.6 Å². The predicted octanol–water partition coefficient (Wildman–Crippen LogP) is 2.69. The topological polar surface area (TPSA) is 96.2 Å². The van der Waals surface area contributed by atoms with Crippen molar-refractivity contribution in [3.05, 3.63) is 23.2 Å². The highest BCUT2D eigenvalue weighted by atomic mass is 35.5. The normalized spacial score (nSPS) is 15.2. The molecule has 0 atom stereocenters. The van der Waals surface area contributed by atoms with Gasteiger partial charge in [0.25, 0.3) is 0 Å². The molecule has 120 valence electrons. The molecule has 0 saturated heterocycles. The molecule has 1 aromatic carbocycles. The van der Waals surface area contributed by atoms with Gasteiger partial charge in [-0.05, 0) is 31.0 Å². The van der Waals surface area contributed by atoms with Crippen LogP contribution in [0.25, 0.3) is 0 Å². The predicted molar refractivity (Wildman–Crippen MR) is 88.2 cm³/mol. The van der Waals surface area contributed by atoms with Crippen molar-refractivity contribution in [2.45, 2.75) is 38.1 Å². The Kier molecular flexibility index (Phi) is 6.03. The van der Waals surface area contributed by atoms with Crippen LogP contribution in [0.4, 0.5) is 16.2 Å². The van der Waals surface area contributed by atoms with Gasteiger partial charge in [-0.1, -0.05) is 30.9 Å². The summed E-state index contributed by atoms with van der Waals surface area (Å²) in [5.74, 6) is -0.306. The quantitative estimate of drug-likeness (QED) is 0.685. The maximum Gasteiger partial charge on any atom is 0.319 e. The number of urea groups is 1. The zero-order valence-corrected chi connectivity index (χ0v) is 13.1. The highest BCUT2D eigenvalue weighted by molar-refractivity contribution is 6.33. The van der Waals surface area contributed by atoms with Crippen molar-refractivity contribution >= 4 is 34.9 Å². The van der Waals surface area contributed by atoms with Gasteiger partial charge in [-0.3, -0.25) is 4.79 Å². The monoisotopic (exact) mass is 324 g/mol. The number of nitrogens with two attached hydrogens (primary N) is 1. The van der Waals surface area contributed by atoms with Crippen LogP contribution in [-0.2, 0) is 4.79 Å². The highest BCUT2D eigenvalue weighted by Crippen LogP contribution is 2.25. The van der Waals surface area contributed by atoms with Gasteiger partial charge in [-0.25, -0.2) is 4.79 Å². The third kappa shape index (κ3) is 4.89. The molecule has 0 radical (unpaired) electrons. The van der Waals surface area contributed by atoms with Gasteiger partial charge in [0.2, 0.25) is 5.91 Å². The van der Waals surface area contributed by atoms with Crippen LogP contribution < -0.4 is 21.7 Å². The first-order valence-electron chi connectivity index (χ1n) is 7.45. The molecule has 2 rings (SSSR count). The Bertz CT molecular complexity index is 544. The lowest BCUT2D eigenvalue weighted by Gasteiger charge is -2.23. The van der Waals surface area contributed by atoms with Crippen molar-refractivity contribution in [1.82, 2.24) is 5.32 Å². The van der Waals surface area contributed by atoms with E-state index in [9.17, 15) is 9.59 Å². The molecular weight excluding hydrogens is 304 g/mol. The first-order valence-corrected chi connectivity index (χ1v) is 7.83. The Morgan fingerprint density at radius 2 is 1.91 bits per heavy atom. The first kappa shape index (κ1) is 16.6. The summed E-state index contributed by atoms with van der Waals surface area (Å²) in [6, 6.07) is 4.81. The standard InChI is InChI=1S/C15H21ClN4O2/c16-12-7-6-11(18-14(21)9-17)8-13(12)20-15(22)19-10-4-2-1-3-5-10/h6-8,10H,1-5,9,17H2,(H,18,21)(H2,19,20,22). The van der Waals surface area contributed by atoms with E-state index >= 15 is 0 Å². The van der Waals surface area contributed by atoms with E-state index in [1.807, 2.05) is 0 Å². The fourth-order valence-corrected chi connectivity index (χ4v) is 2.67. The number of benzene rings is 1. The Balaban J connectivity index is 1.96. The number of rotatable bonds is 4. The summed E-state index contributed by atoms with van der Waals surface area (Å²) in [5.41, 5.74) is 6.24. The van der Waals surface area contributed by atoms with Crippen LogP contribution in [0.15, 0.2) is 18.2 Å². The number of hydrogen-bond donors (Lipinski definition) is 4. The van der Waals surface area contributed by atoms with Gasteiger partial charge in [-0.2, -0.15) is 0 Å². The molecule has 5 N–H and O–H groups in total. The number of hydrogen-bond acceptors (Lipinski definition) is 3. The Hall–Kier alpha value is -1.79. The van der Waals surface area contributed by atoms with Crippen LogP contribution in [0.1, 0.15) is 32.1 Å². The minimum atomic E-state index is -0.306. The second-order valence-corrected chi connectivity index (χ2v) is 5.79. The molecule has 0 spiro atoms. The largest absolute Gasteiger partial charge is 0.335 e. The van der Waals surface area contributed by atoms with Crippen LogP contribution in [0.5, 0.6) is 0 Å². The van der Waals surface area contributed by atoms with Gasteiger partial charge >= 0.3 is 6.03 Å². The average molecular weight is 325 g/mol. The summed E-state index contributed by atoms with van der Waals surface area (Å²) in [5, 5.41) is 8.70. The zero-order valence-electron chi connectivity index (χ0n) is 12.3. The molecule has 0 aliphatic heterocycles. The van der Waals surface area contributed by atoms with Crippen molar-refractivity contribution in [2.24, 2.45) is 5.73 Å². The second-order valence-electron chi connectivity index (χ2n) is 5.38. The average Bonchev–Trinajstić information content (AvgIpc) is 2.51. The number of nitrogens with one attached hydrogen (secondary N) is 3. The fraction of sp³-hybridized carbons (Fsp3) is 0.467. The van der Waals surface area contributed by atoms with Crippen molar-refractivity contribution < 1.29 is 9.59 Å². The van der Waals surface area contributed by atoms with Gasteiger partial charge < -0.3 is 21.7 Å². The van der Waals surface area contributed by atoms with Gasteiger partial charge in [0, 0.05) is 11.7 Å². The molecule has 7 heteroatoms. The van der Waals surface area contributed by atoms with Crippen LogP contribution in [0.3, 0.4) is 0 Å². The van der Waals surface area contributed by atoms with Crippen LogP contribution in [0.2, 0.25) is 5.02 Å². The molecule has 0 unspecified atom stereocenters. The Morgan fingerprint density at radius 3 is 2.59 bits per heavy atom. The maximum atomic E-state index is 12.0. The molecule has 0 aromatic heterocycles. The summed E-state index contributed by atoms with van der Waals surface area (Å²) in [4.78, 5) is 23.3. The van der Waals surface area contributed by atoms with E-state index in [0.717, 1.165) is 25.7 Å². The van der Waals surface area contributed by atoms with Crippen molar-refractivity contribution in [1.29, 1.82) is 0 Å². The third-order valence-electron chi connectivity index (χ3n) is 3.62.